The van der Waals surface area contributed by atoms with Crippen LogP contribution >= 0.6 is 11.6 Å². The predicted molar refractivity (Wildman–Crippen MR) is 69.7 cm³/mol. The minimum absolute atomic E-state index is 0.241. The number of benzene rings is 1. The van der Waals surface area contributed by atoms with Crippen molar-refractivity contribution in [1.29, 1.82) is 5.26 Å². The zero-order valence-electron chi connectivity index (χ0n) is 9.69. The van der Waals surface area contributed by atoms with Gasteiger partial charge in [0, 0.05) is 11.6 Å². The van der Waals surface area contributed by atoms with E-state index >= 15 is 0 Å². The van der Waals surface area contributed by atoms with E-state index in [1.165, 1.54) is 6.42 Å². The Kier molecular flexibility index (Phi) is 2.81. The van der Waals surface area contributed by atoms with E-state index < -0.39 is 0 Å². The summed E-state index contributed by atoms with van der Waals surface area (Å²) in [6.45, 7) is 0. The van der Waals surface area contributed by atoms with Crippen molar-refractivity contribution < 1.29 is 4.74 Å². The Balaban J connectivity index is 2.10. The van der Waals surface area contributed by atoms with Gasteiger partial charge in [0.15, 0.2) is 0 Å². The Labute approximate surface area is 110 Å². The van der Waals surface area contributed by atoms with Gasteiger partial charge in [0.1, 0.15) is 17.0 Å². The summed E-state index contributed by atoms with van der Waals surface area (Å²) in [7, 11) is 0. The molecule has 4 heteroatoms. The van der Waals surface area contributed by atoms with Crippen LogP contribution in [0.15, 0.2) is 24.4 Å². The molecule has 1 aliphatic carbocycles. The quantitative estimate of drug-likeness (QED) is 0.772. The summed E-state index contributed by atoms with van der Waals surface area (Å²) in [4.78, 5) is 4.04. The van der Waals surface area contributed by atoms with Gasteiger partial charge in [-0.25, -0.2) is 4.98 Å². The molecule has 0 saturated heterocycles. The van der Waals surface area contributed by atoms with E-state index in [4.69, 9.17) is 16.3 Å². The molecule has 90 valence electrons. The van der Waals surface area contributed by atoms with Crippen molar-refractivity contribution in [2.24, 2.45) is 0 Å². The van der Waals surface area contributed by atoms with Crippen LogP contribution < -0.4 is 4.74 Å². The zero-order valence-corrected chi connectivity index (χ0v) is 10.4. The summed E-state index contributed by atoms with van der Waals surface area (Å²) in [6.07, 6.45) is 5.19. The van der Waals surface area contributed by atoms with E-state index in [1.54, 1.807) is 12.3 Å². The highest BCUT2D eigenvalue weighted by molar-refractivity contribution is 6.34. The minimum atomic E-state index is 0.241. The summed E-state index contributed by atoms with van der Waals surface area (Å²) in [5.74, 6) is 0.615. The SMILES string of the molecule is N#Cc1cc2ccnc(Cl)c2cc1OC1CCC1. The van der Waals surface area contributed by atoms with E-state index in [-0.39, 0.29) is 6.10 Å². The number of nitrogens with zero attached hydrogens (tertiary/aromatic N) is 2. The zero-order chi connectivity index (χ0) is 12.5. The second-order valence-corrected chi connectivity index (χ2v) is 4.81. The van der Waals surface area contributed by atoms with Crippen molar-refractivity contribution >= 4 is 22.4 Å². The molecule has 0 amide bonds. The fourth-order valence-electron chi connectivity index (χ4n) is 2.02. The molecule has 1 saturated carbocycles. The number of ether oxygens (including phenoxy) is 1. The van der Waals surface area contributed by atoms with Crippen molar-refractivity contribution in [1.82, 2.24) is 4.98 Å². The van der Waals surface area contributed by atoms with Gasteiger partial charge in [-0.15, -0.1) is 0 Å². The number of pyridine rings is 1. The van der Waals surface area contributed by atoms with Gasteiger partial charge in [0.2, 0.25) is 0 Å². The van der Waals surface area contributed by atoms with E-state index in [2.05, 4.69) is 11.1 Å². The lowest BCUT2D eigenvalue weighted by molar-refractivity contribution is 0.120. The van der Waals surface area contributed by atoms with Crippen LogP contribution in [0.1, 0.15) is 24.8 Å². The van der Waals surface area contributed by atoms with Gasteiger partial charge in [0.05, 0.1) is 11.7 Å². The fourth-order valence-corrected chi connectivity index (χ4v) is 2.24. The standard InChI is InChI=1S/C14H11ClN2O/c15-14-12-7-13(18-11-2-1-3-11)10(8-16)6-9(12)4-5-17-14/h4-7,11H,1-3H2. The van der Waals surface area contributed by atoms with Crippen molar-refractivity contribution in [3.63, 3.8) is 0 Å². The fraction of sp³-hybridized carbons (Fsp3) is 0.286. The average molecular weight is 259 g/mol. The largest absolute Gasteiger partial charge is 0.489 e. The first-order valence-electron chi connectivity index (χ1n) is 5.93. The van der Waals surface area contributed by atoms with Gasteiger partial charge in [-0.1, -0.05) is 11.6 Å². The highest BCUT2D eigenvalue weighted by Gasteiger charge is 2.21. The number of aromatic nitrogens is 1. The molecule has 2 aromatic rings. The van der Waals surface area contributed by atoms with Crippen molar-refractivity contribution in [3.05, 3.63) is 35.1 Å². The maximum absolute atomic E-state index is 9.17. The molecule has 0 spiro atoms. The van der Waals surface area contributed by atoms with Crippen LogP contribution in [0.4, 0.5) is 0 Å². The average Bonchev–Trinajstić information content (AvgIpc) is 2.33. The Morgan fingerprint density at radius 1 is 1.39 bits per heavy atom. The Morgan fingerprint density at radius 3 is 2.89 bits per heavy atom. The van der Waals surface area contributed by atoms with Crippen molar-refractivity contribution in [3.8, 4) is 11.8 Å². The van der Waals surface area contributed by atoms with Crippen LogP contribution in [0.25, 0.3) is 10.8 Å². The van der Waals surface area contributed by atoms with Crippen LogP contribution in [0.5, 0.6) is 5.75 Å². The molecule has 3 nitrogen and oxygen atoms in total. The first kappa shape index (κ1) is 11.3. The molecule has 1 fully saturated rings. The van der Waals surface area contributed by atoms with Gasteiger partial charge < -0.3 is 4.74 Å². The number of hydrogen-bond acceptors (Lipinski definition) is 3. The molecule has 0 aliphatic heterocycles. The van der Waals surface area contributed by atoms with Gasteiger partial charge in [-0.05, 0) is 42.8 Å². The number of halogens is 1. The van der Waals surface area contributed by atoms with E-state index in [1.807, 2.05) is 12.1 Å². The molecule has 0 atom stereocenters. The first-order valence-corrected chi connectivity index (χ1v) is 6.31. The molecule has 3 rings (SSSR count). The summed E-state index contributed by atoms with van der Waals surface area (Å²) in [6, 6.07) is 7.64. The monoisotopic (exact) mass is 258 g/mol. The molecule has 1 heterocycles. The lowest BCUT2D eigenvalue weighted by atomic mass is 9.96. The highest BCUT2D eigenvalue weighted by atomic mass is 35.5. The molecule has 0 unspecified atom stereocenters. The summed E-state index contributed by atoms with van der Waals surface area (Å²) < 4.78 is 5.83. The Morgan fingerprint density at radius 2 is 2.22 bits per heavy atom. The number of hydrogen-bond donors (Lipinski definition) is 0. The van der Waals surface area contributed by atoms with E-state index in [9.17, 15) is 5.26 Å². The van der Waals surface area contributed by atoms with E-state index in [0.717, 1.165) is 23.6 Å². The minimum Gasteiger partial charge on any atom is -0.489 e. The van der Waals surface area contributed by atoms with Gasteiger partial charge in [0.25, 0.3) is 0 Å². The topological polar surface area (TPSA) is 45.9 Å². The third-order valence-electron chi connectivity index (χ3n) is 3.28. The second kappa shape index (κ2) is 4.47. The summed E-state index contributed by atoms with van der Waals surface area (Å²) >= 11 is 6.06. The third-order valence-corrected chi connectivity index (χ3v) is 3.58. The normalized spacial score (nSPS) is 15.1. The van der Waals surface area contributed by atoms with Crippen LogP contribution in [0.2, 0.25) is 5.15 Å². The van der Waals surface area contributed by atoms with Crippen molar-refractivity contribution in [2.75, 3.05) is 0 Å². The summed E-state index contributed by atoms with van der Waals surface area (Å²) in [5.41, 5.74) is 0.552. The summed E-state index contributed by atoms with van der Waals surface area (Å²) in [5, 5.41) is 11.3. The second-order valence-electron chi connectivity index (χ2n) is 4.45. The van der Waals surface area contributed by atoms with Crippen LogP contribution in [-0.4, -0.2) is 11.1 Å². The first-order chi connectivity index (χ1) is 8.78. The molecule has 1 aromatic heterocycles. The van der Waals surface area contributed by atoms with Gasteiger partial charge in [-0.2, -0.15) is 5.26 Å². The Bertz CT molecular complexity index is 644. The highest BCUT2D eigenvalue weighted by Crippen LogP contribution is 2.32. The van der Waals surface area contributed by atoms with Gasteiger partial charge in [-0.3, -0.25) is 0 Å². The number of fused-ring (bicyclic) bond motifs is 1. The molecular weight excluding hydrogens is 248 g/mol. The van der Waals surface area contributed by atoms with E-state index in [0.29, 0.717) is 16.5 Å². The maximum atomic E-state index is 9.17. The molecule has 0 radical (unpaired) electrons. The smallest absolute Gasteiger partial charge is 0.138 e. The van der Waals surface area contributed by atoms with Crippen LogP contribution in [0.3, 0.4) is 0 Å². The van der Waals surface area contributed by atoms with Crippen LogP contribution in [0, 0.1) is 11.3 Å². The third kappa shape index (κ3) is 1.89. The molecule has 1 aromatic carbocycles. The molecule has 18 heavy (non-hydrogen) atoms. The predicted octanol–water partition coefficient (Wildman–Crippen LogP) is 3.69. The van der Waals surface area contributed by atoms with Crippen LogP contribution in [-0.2, 0) is 0 Å². The van der Waals surface area contributed by atoms with Gasteiger partial charge >= 0.3 is 0 Å². The number of nitriles is 1. The number of rotatable bonds is 2. The molecule has 0 bridgehead atoms. The molecule has 0 N–H and O–H groups in total. The molecule has 1 aliphatic rings. The Hall–Kier alpha value is -1.79. The lowest BCUT2D eigenvalue weighted by Crippen LogP contribution is -2.24. The van der Waals surface area contributed by atoms with Crippen molar-refractivity contribution in [2.45, 2.75) is 25.4 Å². The lowest BCUT2D eigenvalue weighted by Gasteiger charge is -2.27. The maximum Gasteiger partial charge on any atom is 0.138 e. The molecular formula is C14H11ClN2O.